The summed E-state index contributed by atoms with van der Waals surface area (Å²) >= 11 is 6.26. The number of H-pyrrole nitrogens is 1. The molecule has 0 spiro atoms. The van der Waals surface area contributed by atoms with E-state index in [4.69, 9.17) is 11.6 Å². The Morgan fingerprint density at radius 2 is 2.04 bits per heavy atom. The van der Waals surface area contributed by atoms with E-state index in [1.165, 1.54) is 0 Å². The van der Waals surface area contributed by atoms with Crippen LogP contribution in [0.4, 0.5) is 4.79 Å². The van der Waals surface area contributed by atoms with Gasteiger partial charge in [-0.15, -0.1) is 0 Å². The van der Waals surface area contributed by atoms with Gasteiger partial charge in [0.2, 0.25) is 0 Å². The molecule has 3 rings (SSSR count). The van der Waals surface area contributed by atoms with Gasteiger partial charge in [-0.2, -0.15) is 0 Å². The first kappa shape index (κ1) is 18.2. The average Bonchev–Trinajstić information content (AvgIpc) is 3.05. The molecular weight excluding hydrogens is 342 g/mol. The van der Waals surface area contributed by atoms with Gasteiger partial charge in [0.25, 0.3) is 5.91 Å². The molecule has 1 aromatic heterocycles. The largest absolute Gasteiger partial charge is 0.344 e. The highest BCUT2D eigenvalue weighted by atomic mass is 35.5. The van der Waals surface area contributed by atoms with Crippen LogP contribution in [-0.2, 0) is 17.8 Å². The van der Waals surface area contributed by atoms with E-state index in [2.05, 4.69) is 32.4 Å². The van der Waals surface area contributed by atoms with Crippen LogP contribution in [0.2, 0.25) is 5.15 Å². The van der Waals surface area contributed by atoms with Crippen molar-refractivity contribution in [2.24, 2.45) is 5.92 Å². The standard InChI is InChI=1S/C17H26ClN5O2/c1-3-4-5-13-19-12(14(18)20-13)10-23-8-6-11(7-9-23)17(2)15(24)21-16(25)22-17/h11H,3-10H2,1-2H3,(H,19,20)(H2,21,22,24,25). The fraction of sp³-hybridized carbons (Fsp3) is 0.706. The van der Waals surface area contributed by atoms with Gasteiger partial charge in [-0.05, 0) is 45.2 Å². The van der Waals surface area contributed by atoms with Crippen LogP contribution in [-0.4, -0.2) is 45.4 Å². The zero-order valence-corrected chi connectivity index (χ0v) is 15.6. The van der Waals surface area contributed by atoms with Crippen molar-refractivity contribution in [3.8, 4) is 0 Å². The van der Waals surface area contributed by atoms with Gasteiger partial charge in [-0.3, -0.25) is 15.0 Å². The Morgan fingerprint density at radius 1 is 1.32 bits per heavy atom. The van der Waals surface area contributed by atoms with E-state index in [9.17, 15) is 9.59 Å². The number of imidazole rings is 1. The molecule has 0 aliphatic carbocycles. The summed E-state index contributed by atoms with van der Waals surface area (Å²) in [6, 6.07) is -0.390. The first-order chi connectivity index (χ1) is 11.9. The van der Waals surface area contributed by atoms with Crippen LogP contribution in [0.1, 0.15) is 51.0 Å². The summed E-state index contributed by atoms with van der Waals surface area (Å²) < 4.78 is 0. The number of aryl methyl sites for hydroxylation is 1. The Balaban J connectivity index is 1.55. The molecule has 2 fully saturated rings. The quantitative estimate of drug-likeness (QED) is 0.672. The molecular formula is C17H26ClN5O2. The Hall–Kier alpha value is -1.60. The maximum Gasteiger partial charge on any atom is 0.322 e. The molecule has 1 unspecified atom stereocenters. The summed E-state index contributed by atoms with van der Waals surface area (Å²) in [7, 11) is 0. The summed E-state index contributed by atoms with van der Waals surface area (Å²) in [6.45, 7) is 6.44. The molecule has 3 N–H and O–H groups in total. The molecule has 1 atom stereocenters. The number of nitrogens with one attached hydrogen (secondary N) is 3. The van der Waals surface area contributed by atoms with Crippen LogP contribution in [0.15, 0.2) is 0 Å². The number of imide groups is 1. The Labute approximate surface area is 152 Å². The highest BCUT2D eigenvalue weighted by Crippen LogP contribution is 2.31. The van der Waals surface area contributed by atoms with Gasteiger partial charge in [0, 0.05) is 13.0 Å². The maximum absolute atomic E-state index is 12.1. The van der Waals surface area contributed by atoms with Gasteiger partial charge in [0.15, 0.2) is 5.15 Å². The number of rotatable bonds is 6. The van der Waals surface area contributed by atoms with Gasteiger partial charge in [-0.1, -0.05) is 24.9 Å². The predicted octanol–water partition coefficient (Wildman–Crippen LogP) is 2.22. The second-order valence-electron chi connectivity index (χ2n) is 7.22. The van der Waals surface area contributed by atoms with E-state index >= 15 is 0 Å². The average molecular weight is 368 g/mol. The number of carbonyl (C=O) groups is 2. The van der Waals surface area contributed by atoms with Crippen LogP contribution in [0, 0.1) is 5.92 Å². The first-order valence-corrected chi connectivity index (χ1v) is 9.39. The van der Waals surface area contributed by atoms with E-state index < -0.39 is 11.6 Å². The molecule has 2 saturated heterocycles. The van der Waals surface area contributed by atoms with Crippen molar-refractivity contribution < 1.29 is 9.59 Å². The number of amides is 3. The minimum Gasteiger partial charge on any atom is -0.344 e. The Bertz CT molecular complexity index is 653. The molecule has 0 aromatic carbocycles. The lowest BCUT2D eigenvalue weighted by Crippen LogP contribution is -2.53. The smallest absolute Gasteiger partial charge is 0.322 e. The van der Waals surface area contributed by atoms with Gasteiger partial charge in [0.1, 0.15) is 11.4 Å². The number of hydrogen-bond acceptors (Lipinski definition) is 4. The number of urea groups is 1. The van der Waals surface area contributed by atoms with Gasteiger partial charge < -0.3 is 10.3 Å². The number of piperidine rings is 1. The summed E-state index contributed by atoms with van der Waals surface area (Å²) in [6.07, 6.45) is 4.87. The van der Waals surface area contributed by atoms with E-state index in [0.29, 0.717) is 5.15 Å². The molecule has 2 aliphatic rings. The number of nitrogens with zero attached hydrogens (tertiary/aromatic N) is 2. The van der Waals surface area contributed by atoms with Crippen LogP contribution >= 0.6 is 11.6 Å². The monoisotopic (exact) mass is 367 g/mol. The third-order valence-electron chi connectivity index (χ3n) is 5.40. The van der Waals surface area contributed by atoms with Gasteiger partial charge in [-0.25, -0.2) is 9.78 Å². The maximum atomic E-state index is 12.1. The van der Waals surface area contributed by atoms with E-state index in [0.717, 1.165) is 63.3 Å². The lowest BCUT2D eigenvalue weighted by Gasteiger charge is -2.38. The molecule has 138 valence electrons. The second-order valence-corrected chi connectivity index (χ2v) is 7.58. The van der Waals surface area contributed by atoms with Crippen molar-refractivity contribution in [1.82, 2.24) is 25.5 Å². The van der Waals surface area contributed by atoms with Crippen molar-refractivity contribution in [2.45, 2.75) is 58.0 Å². The molecule has 2 aliphatic heterocycles. The minimum absolute atomic E-state index is 0.146. The molecule has 3 amide bonds. The topological polar surface area (TPSA) is 90.1 Å². The van der Waals surface area contributed by atoms with Crippen LogP contribution in [0.25, 0.3) is 0 Å². The molecule has 7 nitrogen and oxygen atoms in total. The number of carbonyl (C=O) groups excluding carboxylic acids is 2. The second kappa shape index (κ2) is 7.33. The fourth-order valence-corrected chi connectivity index (χ4v) is 3.95. The molecule has 0 radical (unpaired) electrons. The Morgan fingerprint density at radius 3 is 2.64 bits per heavy atom. The summed E-state index contributed by atoms with van der Waals surface area (Å²) in [5.41, 5.74) is 0.173. The Kier molecular flexibility index (Phi) is 5.34. The van der Waals surface area contributed by atoms with E-state index in [1.54, 1.807) is 0 Å². The first-order valence-electron chi connectivity index (χ1n) is 9.01. The third kappa shape index (κ3) is 3.82. The summed E-state index contributed by atoms with van der Waals surface area (Å²) in [4.78, 5) is 33.6. The molecule has 8 heteroatoms. The van der Waals surface area contributed by atoms with Gasteiger partial charge >= 0.3 is 6.03 Å². The van der Waals surface area contributed by atoms with Gasteiger partial charge in [0.05, 0.1) is 5.69 Å². The van der Waals surface area contributed by atoms with Crippen LogP contribution < -0.4 is 10.6 Å². The number of aromatic amines is 1. The van der Waals surface area contributed by atoms with E-state index in [-0.39, 0.29) is 11.8 Å². The number of likely N-dealkylation sites (tertiary alicyclic amines) is 1. The molecule has 0 bridgehead atoms. The fourth-order valence-electron chi connectivity index (χ4n) is 3.74. The number of hydrogen-bond donors (Lipinski definition) is 3. The van der Waals surface area contributed by atoms with Crippen LogP contribution in [0.5, 0.6) is 0 Å². The summed E-state index contributed by atoms with van der Waals surface area (Å²) in [5.74, 6) is 0.885. The SMILES string of the molecule is CCCCc1nc(Cl)c(CN2CCC(C3(C)NC(=O)NC3=O)CC2)[nH]1. The number of unbranched alkanes of at least 4 members (excludes halogenated alkanes) is 1. The number of aromatic nitrogens is 2. The zero-order chi connectivity index (χ0) is 18.0. The minimum atomic E-state index is -0.790. The highest BCUT2D eigenvalue weighted by molar-refractivity contribution is 6.30. The zero-order valence-electron chi connectivity index (χ0n) is 14.8. The molecule has 3 heterocycles. The van der Waals surface area contributed by atoms with Crippen molar-refractivity contribution >= 4 is 23.5 Å². The molecule has 25 heavy (non-hydrogen) atoms. The number of halogens is 1. The normalized spacial score (nSPS) is 25.2. The van der Waals surface area contributed by atoms with Crippen LogP contribution in [0.3, 0.4) is 0 Å². The van der Waals surface area contributed by atoms with Crippen molar-refractivity contribution in [1.29, 1.82) is 0 Å². The summed E-state index contributed by atoms with van der Waals surface area (Å²) in [5, 5.41) is 5.70. The molecule has 0 saturated carbocycles. The van der Waals surface area contributed by atoms with E-state index in [1.807, 2.05) is 6.92 Å². The van der Waals surface area contributed by atoms with Crippen molar-refractivity contribution in [3.63, 3.8) is 0 Å². The molecule has 1 aromatic rings. The van der Waals surface area contributed by atoms with Crippen molar-refractivity contribution in [2.75, 3.05) is 13.1 Å². The highest BCUT2D eigenvalue weighted by Gasteiger charge is 2.48. The lowest BCUT2D eigenvalue weighted by molar-refractivity contribution is -0.125. The van der Waals surface area contributed by atoms with Crippen molar-refractivity contribution in [3.05, 3.63) is 16.7 Å². The lowest BCUT2D eigenvalue weighted by atomic mass is 9.79. The predicted molar refractivity (Wildman–Crippen MR) is 95.3 cm³/mol. The third-order valence-corrected chi connectivity index (χ3v) is 5.71.